The standard InChI is InChI=1S/C9H8O2/c10-6-8-9(11-8)7-4-2-1-3-5-7/h1-6,8-9H. The summed E-state index contributed by atoms with van der Waals surface area (Å²) >= 11 is 0. The average molecular weight is 148 g/mol. The first-order valence-electron chi connectivity index (χ1n) is 3.57. The summed E-state index contributed by atoms with van der Waals surface area (Å²) in [4.78, 5) is 10.2. The lowest BCUT2D eigenvalue weighted by atomic mass is 10.1. The van der Waals surface area contributed by atoms with Gasteiger partial charge in [-0.3, -0.25) is 0 Å². The molecular weight excluding hydrogens is 140 g/mol. The van der Waals surface area contributed by atoms with E-state index >= 15 is 0 Å². The van der Waals surface area contributed by atoms with Crippen LogP contribution in [0.25, 0.3) is 0 Å². The second-order valence-corrected chi connectivity index (χ2v) is 2.57. The van der Waals surface area contributed by atoms with Crippen LogP contribution >= 0.6 is 0 Å². The van der Waals surface area contributed by atoms with Crippen molar-refractivity contribution < 1.29 is 9.53 Å². The fourth-order valence-corrected chi connectivity index (χ4v) is 1.14. The van der Waals surface area contributed by atoms with E-state index in [2.05, 4.69) is 0 Å². The van der Waals surface area contributed by atoms with Gasteiger partial charge in [0.1, 0.15) is 12.2 Å². The largest absolute Gasteiger partial charge is 0.357 e. The summed E-state index contributed by atoms with van der Waals surface area (Å²) in [6.45, 7) is 0. The Morgan fingerprint density at radius 3 is 2.55 bits per heavy atom. The Labute approximate surface area is 64.8 Å². The predicted molar refractivity (Wildman–Crippen MR) is 40.1 cm³/mol. The molecule has 11 heavy (non-hydrogen) atoms. The van der Waals surface area contributed by atoms with Crippen molar-refractivity contribution >= 4 is 6.29 Å². The molecule has 0 N–H and O–H groups in total. The van der Waals surface area contributed by atoms with Gasteiger partial charge in [0.25, 0.3) is 0 Å². The van der Waals surface area contributed by atoms with Gasteiger partial charge in [-0.25, -0.2) is 0 Å². The predicted octanol–water partition coefficient (Wildman–Crippen LogP) is 1.33. The zero-order valence-electron chi connectivity index (χ0n) is 5.94. The molecule has 0 aliphatic carbocycles. The van der Waals surface area contributed by atoms with Gasteiger partial charge in [0.2, 0.25) is 0 Å². The van der Waals surface area contributed by atoms with Gasteiger partial charge in [0, 0.05) is 0 Å². The lowest BCUT2D eigenvalue weighted by Gasteiger charge is -1.90. The number of aldehydes is 1. The molecule has 56 valence electrons. The van der Waals surface area contributed by atoms with Crippen molar-refractivity contribution in [2.75, 3.05) is 0 Å². The molecule has 2 atom stereocenters. The van der Waals surface area contributed by atoms with Crippen LogP contribution in [0.5, 0.6) is 0 Å². The summed E-state index contributed by atoms with van der Waals surface area (Å²) in [7, 11) is 0. The average Bonchev–Trinajstić information content (AvgIpc) is 2.85. The van der Waals surface area contributed by atoms with Crippen molar-refractivity contribution in [2.24, 2.45) is 0 Å². The summed E-state index contributed by atoms with van der Waals surface area (Å²) in [5, 5.41) is 0. The van der Waals surface area contributed by atoms with E-state index in [1.54, 1.807) is 0 Å². The molecule has 2 nitrogen and oxygen atoms in total. The van der Waals surface area contributed by atoms with Crippen LogP contribution in [0.4, 0.5) is 0 Å². The topological polar surface area (TPSA) is 29.6 Å². The van der Waals surface area contributed by atoms with Crippen molar-refractivity contribution in [3.05, 3.63) is 35.9 Å². The van der Waals surface area contributed by atoms with Gasteiger partial charge < -0.3 is 9.53 Å². The minimum absolute atomic E-state index is 0.0219. The van der Waals surface area contributed by atoms with Crippen LogP contribution in [-0.2, 0) is 9.53 Å². The van der Waals surface area contributed by atoms with Crippen LogP contribution in [-0.4, -0.2) is 12.4 Å². The van der Waals surface area contributed by atoms with Gasteiger partial charge in [-0.05, 0) is 5.56 Å². The summed E-state index contributed by atoms with van der Waals surface area (Å²) in [5.41, 5.74) is 1.09. The Bertz CT molecular complexity index is 256. The molecule has 0 bridgehead atoms. The molecule has 0 amide bonds. The van der Waals surface area contributed by atoms with Crippen molar-refractivity contribution in [3.8, 4) is 0 Å². The van der Waals surface area contributed by atoms with Crippen molar-refractivity contribution in [3.63, 3.8) is 0 Å². The highest BCUT2D eigenvalue weighted by molar-refractivity contribution is 5.61. The molecule has 1 aliphatic rings. The summed E-state index contributed by atoms with van der Waals surface area (Å²) < 4.78 is 5.08. The Kier molecular flexibility index (Phi) is 1.47. The molecule has 1 saturated heterocycles. The smallest absolute Gasteiger partial charge is 0.151 e. The van der Waals surface area contributed by atoms with E-state index in [1.807, 2.05) is 30.3 Å². The van der Waals surface area contributed by atoms with Crippen molar-refractivity contribution in [2.45, 2.75) is 12.2 Å². The van der Waals surface area contributed by atoms with Crippen LogP contribution in [0.15, 0.2) is 30.3 Å². The lowest BCUT2D eigenvalue weighted by Crippen LogP contribution is -1.87. The fourth-order valence-electron chi connectivity index (χ4n) is 1.14. The molecule has 0 saturated carbocycles. The zero-order chi connectivity index (χ0) is 7.68. The minimum Gasteiger partial charge on any atom is -0.357 e. The van der Waals surface area contributed by atoms with Crippen LogP contribution < -0.4 is 0 Å². The number of hydrogen-bond donors (Lipinski definition) is 0. The van der Waals surface area contributed by atoms with E-state index in [9.17, 15) is 4.79 Å². The molecule has 1 fully saturated rings. The maximum Gasteiger partial charge on any atom is 0.151 e. The third kappa shape index (κ3) is 1.17. The van der Waals surface area contributed by atoms with Gasteiger partial charge in [-0.1, -0.05) is 30.3 Å². The zero-order valence-corrected chi connectivity index (χ0v) is 5.94. The number of epoxide rings is 1. The molecule has 0 aromatic heterocycles. The number of benzene rings is 1. The summed E-state index contributed by atoms with van der Waals surface area (Å²) in [6, 6.07) is 9.77. The van der Waals surface area contributed by atoms with Crippen molar-refractivity contribution in [1.29, 1.82) is 0 Å². The van der Waals surface area contributed by atoms with E-state index in [0.717, 1.165) is 11.8 Å². The van der Waals surface area contributed by atoms with Gasteiger partial charge in [0.05, 0.1) is 0 Å². The Balaban J connectivity index is 2.14. The maximum atomic E-state index is 10.2. The number of rotatable bonds is 2. The van der Waals surface area contributed by atoms with Gasteiger partial charge >= 0.3 is 0 Å². The molecule has 1 aromatic carbocycles. The fraction of sp³-hybridized carbons (Fsp3) is 0.222. The lowest BCUT2D eigenvalue weighted by molar-refractivity contribution is -0.108. The first-order valence-corrected chi connectivity index (χ1v) is 3.57. The second-order valence-electron chi connectivity index (χ2n) is 2.57. The van der Waals surface area contributed by atoms with E-state index < -0.39 is 0 Å². The molecule has 1 heterocycles. The van der Waals surface area contributed by atoms with Crippen LogP contribution in [0.1, 0.15) is 11.7 Å². The molecular formula is C9H8O2. The highest BCUT2D eigenvalue weighted by atomic mass is 16.6. The Morgan fingerprint density at radius 1 is 1.27 bits per heavy atom. The molecule has 2 rings (SSSR count). The first kappa shape index (κ1) is 6.55. The molecule has 0 radical (unpaired) electrons. The molecule has 0 spiro atoms. The second kappa shape index (κ2) is 2.47. The number of ether oxygens (including phenoxy) is 1. The van der Waals surface area contributed by atoms with Gasteiger partial charge in [-0.15, -0.1) is 0 Å². The van der Waals surface area contributed by atoms with Crippen LogP contribution in [0.3, 0.4) is 0 Å². The normalized spacial score (nSPS) is 28.0. The molecule has 1 aromatic rings. The molecule has 2 unspecified atom stereocenters. The van der Waals surface area contributed by atoms with E-state index in [1.165, 1.54) is 0 Å². The van der Waals surface area contributed by atoms with E-state index in [4.69, 9.17) is 4.74 Å². The Hall–Kier alpha value is -1.15. The monoisotopic (exact) mass is 148 g/mol. The Morgan fingerprint density at radius 2 is 2.00 bits per heavy atom. The van der Waals surface area contributed by atoms with Crippen LogP contribution in [0.2, 0.25) is 0 Å². The van der Waals surface area contributed by atoms with E-state index in [-0.39, 0.29) is 12.2 Å². The van der Waals surface area contributed by atoms with Gasteiger partial charge in [0.15, 0.2) is 6.29 Å². The summed E-state index contributed by atoms with van der Waals surface area (Å²) in [6.07, 6.45) is 0.670. The quantitative estimate of drug-likeness (QED) is 0.467. The SMILES string of the molecule is O=CC1OC1c1ccccc1. The van der Waals surface area contributed by atoms with Crippen molar-refractivity contribution in [1.82, 2.24) is 0 Å². The minimum atomic E-state index is -0.197. The van der Waals surface area contributed by atoms with Gasteiger partial charge in [-0.2, -0.15) is 0 Å². The third-order valence-electron chi connectivity index (χ3n) is 1.79. The maximum absolute atomic E-state index is 10.2. The van der Waals surface area contributed by atoms with E-state index in [0.29, 0.717) is 0 Å². The number of hydrogen-bond acceptors (Lipinski definition) is 2. The highest BCUT2D eigenvalue weighted by Gasteiger charge is 2.39. The third-order valence-corrected chi connectivity index (χ3v) is 1.79. The highest BCUT2D eigenvalue weighted by Crippen LogP contribution is 2.36. The molecule has 1 aliphatic heterocycles. The molecule has 2 heteroatoms. The first-order chi connectivity index (χ1) is 5.42. The summed E-state index contributed by atoms with van der Waals surface area (Å²) in [5.74, 6) is 0. The van der Waals surface area contributed by atoms with Crippen LogP contribution in [0, 0.1) is 0 Å². The number of carbonyl (C=O) groups is 1. The number of carbonyl (C=O) groups excluding carboxylic acids is 1.